The topological polar surface area (TPSA) is 84.2 Å². The van der Waals surface area contributed by atoms with Crippen LogP contribution in [0, 0.1) is 12.8 Å². The molecule has 3 rings (SSSR count). The number of piperazine rings is 1. The van der Waals surface area contributed by atoms with Crippen LogP contribution in [-0.2, 0) is 15.7 Å². The van der Waals surface area contributed by atoms with Crippen LogP contribution in [0.4, 0.5) is 0 Å². The van der Waals surface area contributed by atoms with E-state index in [1.54, 1.807) is 12.1 Å². The minimum Gasteiger partial charge on any atom is -0.301 e. The van der Waals surface area contributed by atoms with Gasteiger partial charge < -0.3 is 4.90 Å². The number of hydrogen-bond acceptors (Lipinski definition) is 7. The van der Waals surface area contributed by atoms with Crippen LogP contribution in [0.15, 0.2) is 29.2 Å². The molecule has 1 aromatic heterocycles. The minimum absolute atomic E-state index is 0.0113. The lowest BCUT2D eigenvalue weighted by Gasteiger charge is -2.38. The second-order valence-corrected chi connectivity index (χ2v) is 10.2. The van der Waals surface area contributed by atoms with Crippen LogP contribution in [0.25, 0.3) is 0 Å². The van der Waals surface area contributed by atoms with E-state index < -0.39 is 9.84 Å². The molecule has 0 bridgehead atoms. The van der Waals surface area contributed by atoms with E-state index in [2.05, 4.69) is 46.1 Å². The Morgan fingerprint density at radius 1 is 1.07 bits per heavy atom. The molecule has 2 heterocycles. The van der Waals surface area contributed by atoms with Crippen molar-refractivity contribution in [3.05, 3.63) is 35.7 Å². The molecule has 0 radical (unpaired) electrons. The molecule has 2 aromatic rings. The number of sulfone groups is 1. The van der Waals surface area contributed by atoms with Crippen molar-refractivity contribution in [2.75, 3.05) is 32.7 Å². The minimum atomic E-state index is -3.53. The summed E-state index contributed by atoms with van der Waals surface area (Å²) in [4.78, 5) is 5.11. The van der Waals surface area contributed by atoms with Crippen LogP contribution >= 0.6 is 0 Å². The Bertz CT molecular complexity index is 886. The Labute approximate surface area is 173 Å². The molecule has 29 heavy (non-hydrogen) atoms. The van der Waals surface area contributed by atoms with Gasteiger partial charge in [0.05, 0.1) is 10.9 Å². The maximum absolute atomic E-state index is 12.9. The molecule has 9 heteroatoms. The van der Waals surface area contributed by atoms with E-state index >= 15 is 0 Å². The zero-order chi connectivity index (χ0) is 21.0. The summed E-state index contributed by atoms with van der Waals surface area (Å²) in [5.41, 5.74) is 1.02. The predicted molar refractivity (Wildman–Crippen MR) is 112 cm³/mol. The summed E-state index contributed by atoms with van der Waals surface area (Å²) < 4.78 is 27.3. The lowest BCUT2D eigenvalue weighted by molar-refractivity contribution is 0.0836. The Morgan fingerprint density at radius 2 is 1.72 bits per heavy atom. The molecule has 160 valence electrons. The van der Waals surface area contributed by atoms with Gasteiger partial charge in [-0.25, -0.2) is 13.1 Å². The van der Waals surface area contributed by atoms with Crippen molar-refractivity contribution in [3.63, 3.8) is 0 Å². The maximum Gasteiger partial charge on any atom is 0.198 e. The van der Waals surface area contributed by atoms with E-state index in [0.29, 0.717) is 16.6 Å². The molecular weight excluding hydrogens is 388 g/mol. The average Bonchev–Trinajstić information content (AvgIpc) is 3.13. The van der Waals surface area contributed by atoms with Gasteiger partial charge in [-0.05, 0) is 48.4 Å². The molecule has 8 nitrogen and oxygen atoms in total. The zero-order valence-corrected chi connectivity index (χ0v) is 18.6. The van der Waals surface area contributed by atoms with Crippen LogP contribution in [0.2, 0.25) is 0 Å². The molecule has 1 fully saturated rings. The highest BCUT2D eigenvalue weighted by Crippen LogP contribution is 2.28. The fourth-order valence-electron chi connectivity index (χ4n) is 3.78. The molecule has 1 aromatic carbocycles. The molecular formula is C20H32N6O2S. The Hall–Kier alpha value is -1.84. The third kappa shape index (κ3) is 5.40. The summed E-state index contributed by atoms with van der Waals surface area (Å²) in [5, 5.41) is 12.1. The van der Waals surface area contributed by atoms with Gasteiger partial charge >= 0.3 is 0 Å². The van der Waals surface area contributed by atoms with Crippen molar-refractivity contribution in [3.8, 4) is 0 Å². The normalized spacial score (nSPS) is 17.7. The van der Waals surface area contributed by atoms with Crippen LogP contribution in [0.1, 0.15) is 44.6 Å². The van der Waals surface area contributed by atoms with Crippen LogP contribution in [0.3, 0.4) is 0 Å². The molecule has 1 aliphatic rings. The van der Waals surface area contributed by atoms with Crippen molar-refractivity contribution in [2.24, 2.45) is 5.92 Å². The van der Waals surface area contributed by atoms with Crippen molar-refractivity contribution >= 4 is 9.84 Å². The summed E-state index contributed by atoms with van der Waals surface area (Å²) in [7, 11) is -3.53. The molecule has 0 aliphatic carbocycles. The largest absolute Gasteiger partial charge is 0.301 e. The smallest absolute Gasteiger partial charge is 0.198 e. The lowest BCUT2D eigenvalue weighted by Crippen LogP contribution is -2.48. The number of nitrogens with zero attached hydrogens (tertiary/aromatic N) is 6. The second kappa shape index (κ2) is 9.32. The van der Waals surface area contributed by atoms with E-state index in [0.717, 1.165) is 44.7 Å². The summed E-state index contributed by atoms with van der Waals surface area (Å²) in [5.74, 6) is 0.837. The van der Waals surface area contributed by atoms with Gasteiger partial charge in [0.2, 0.25) is 0 Å². The molecule has 0 N–H and O–H groups in total. The van der Waals surface area contributed by atoms with Crippen molar-refractivity contribution in [1.29, 1.82) is 0 Å². The third-order valence-electron chi connectivity index (χ3n) is 5.52. The average molecular weight is 421 g/mol. The molecule has 0 amide bonds. The van der Waals surface area contributed by atoms with E-state index in [1.807, 2.05) is 19.1 Å². The highest BCUT2D eigenvalue weighted by atomic mass is 32.2. The van der Waals surface area contributed by atoms with Gasteiger partial charge in [0.15, 0.2) is 21.5 Å². The second-order valence-electron chi connectivity index (χ2n) is 8.21. The van der Waals surface area contributed by atoms with Crippen molar-refractivity contribution < 1.29 is 8.42 Å². The van der Waals surface area contributed by atoms with E-state index in [9.17, 15) is 8.42 Å². The SMILES string of the molecule is CCN1CCN([C@@H](CC(C)C)c2nnnn2CS(=O)(=O)c2ccc(C)cc2)CC1. The van der Waals surface area contributed by atoms with E-state index in [1.165, 1.54) is 4.68 Å². The van der Waals surface area contributed by atoms with E-state index in [-0.39, 0.29) is 11.9 Å². The van der Waals surface area contributed by atoms with Gasteiger partial charge in [-0.2, -0.15) is 0 Å². The monoisotopic (exact) mass is 420 g/mol. The van der Waals surface area contributed by atoms with Gasteiger partial charge in [0, 0.05) is 26.2 Å². The van der Waals surface area contributed by atoms with E-state index in [4.69, 9.17) is 0 Å². The van der Waals surface area contributed by atoms with Crippen LogP contribution in [0.5, 0.6) is 0 Å². The zero-order valence-electron chi connectivity index (χ0n) is 17.8. The number of hydrogen-bond donors (Lipinski definition) is 0. The highest BCUT2D eigenvalue weighted by molar-refractivity contribution is 7.90. The summed E-state index contributed by atoms with van der Waals surface area (Å²) >= 11 is 0. The molecule has 1 atom stereocenters. The maximum atomic E-state index is 12.9. The molecule has 0 unspecified atom stereocenters. The summed E-state index contributed by atoms with van der Waals surface area (Å²) in [6, 6.07) is 6.91. The highest BCUT2D eigenvalue weighted by Gasteiger charge is 2.30. The van der Waals surface area contributed by atoms with Crippen LogP contribution < -0.4 is 0 Å². The number of likely N-dealkylation sites (N-methyl/N-ethyl adjacent to an activating group) is 1. The summed E-state index contributed by atoms with van der Waals surface area (Å²) in [6.07, 6.45) is 0.886. The third-order valence-corrected chi connectivity index (χ3v) is 7.09. The predicted octanol–water partition coefficient (Wildman–Crippen LogP) is 2.14. The fourth-order valence-corrected chi connectivity index (χ4v) is 4.98. The first-order chi connectivity index (χ1) is 13.8. The quantitative estimate of drug-likeness (QED) is 0.647. The number of aryl methyl sites for hydroxylation is 1. The molecule has 1 aliphatic heterocycles. The number of tetrazole rings is 1. The van der Waals surface area contributed by atoms with Gasteiger partial charge in [-0.3, -0.25) is 4.90 Å². The standard InChI is InChI=1S/C20H32N6O2S/c1-5-24-10-12-25(13-11-24)19(14-16(2)3)20-21-22-23-26(20)15-29(27,28)18-8-6-17(4)7-9-18/h6-9,16,19H,5,10-15H2,1-4H3/t19-/m0/s1. The number of rotatable bonds is 8. The Kier molecular flexibility index (Phi) is 7.02. The Morgan fingerprint density at radius 3 is 2.31 bits per heavy atom. The summed E-state index contributed by atoms with van der Waals surface area (Å²) in [6.45, 7) is 13.4. The fraction of sp³-hybridized carbons (Fsp3) is 0.650. The van der Waals surface area contributed by atoms with Gasteiger partial charge in [-0.1, -0.05) is 38.5 Å². The molecule has 1 saturated heterocycles. The van der Waals surface area contributed by atoms with Gasteiger partial charge in [0.1, 0.15) is 0 Å². The first-order valence-electron chi connectivity index (χ1n) is 10.3. The van der Waals surface area contributed by atoms with Crippen LogP contribution in [-0.4, -0.2) is 71.1 Å². The van der Waals surface area contributed by atoms with Crippen molar-refractivity contribution in [1.82, 2.24) is 30.0 Å². The first-order valence-corrected chi connectivity index (χ1v) is 12.0. The first kappa shape index (κ1) is 21.9. The van der Waals surface area contributed by atoms with Gasteiger partial charge in [-0.15, -0.1) is 5.10 Å². The van der Waals surface area contributed by atoms with Gasteiger partial charge in [0.25, 0.3) is 0 Å². The Balaban J connectivity index is 1.84. The van der Waals surface area contributed by atoms with Crippen molar-refractivity contribution in [2.45, 2.75) is 50.9 Å². The lowest BCUT2D eigenvalue weighted by atomic mass is 10.0. The number of aromatic nitrogens is 4. The molecule has 0 spiro atoms. The number of benzene rings is 1. The molecule has 0 saturated carbocycles.